The second-order valence-electron chi connectivity index (χ2n) is 5.14. The highest BCUT2D eigenvalue weighted by atomic mass is 32.1. The first-order valence-electron chi connectivity index (χ1n) is 6.95. The van der Waals surface area contributed by atoms with Gasteiger partial charge in [0.15, 0.2) is 5.13 Å². The summed E-state index contributed by atoms with van der Waals surface area (Å²) in [5, 5.41) is 6.92. The number of hydrogen-bond donors (Lipinski definition) is 1. The molecule has 0 saturated carbocycles. The van der Waals surface area contributed by atoms with Gasteiger partial charge in [0.25, 0.3) is 5.91 Å². The van der Waals surface area contributed by atoms with Crippen molar-refractivity contribution in [1.29, 1.82) is 0 Å². The molecule has 0 aliphatic carbocycles. The van der Waals surface area contributed by atoms with Gasteiger partial charge in [0.1, 0.15) is 5.71 Å². The van der Waals surface area contributed by atoms with Gasteiger partial charge in [0.05, 0.1) is 5.69 Å². The number of carbonyl (C=O) groups excluding carboxylic acids is 2. The highest BCUT2D eigenvalue weighted by Gasteiger charge is 2.27. The molecule has 2 aliphatic rings. The summed E-state index contributed by atoms with van der Waals surface area (Å²) in [5.41, 5.74) is 3.85. The number of carbonyl (C=O) groups is 2. The molecule has 0 spiro atoms. The molecule has 1 aromatic heterocycles. The summed E-state index contributed by atoms with van der Waals surface area (Å²) in [7, 11) is 0. The van der Waals surface area contributed by atoms with E-state index in [2.05, 4.69) is 20.4 Å². The van der Waals surface area contributed by atoms with Crippen molar-refractivity contribution in [2.75, 3.05) is 31.1 Å². The van der Waals surface area contributed by atoms with E-state index >= 15 is 0 Å². The Balaban J connectivity index is 1.58. The van der Waals surface area contributed by atoms with Crippen LogP contribution in [0, 0.1) is 6.92 Å². The van der Waals surface area contributed by atoms with Crippen LogP contribution in [0.4, 0.5) is 5.13 Å². The van der Waals surface area contributed by atoms with Gasteiger partial charge in [-0.3, -0.25) is 9.59 Å². The summed E-state index contributed by atoms with van der Waals surface area (Å²) in [4.78, 5) is 31.8. The molecule has 1 N–H and O–H groups in total. The Morgan fingerprint density at radius 2 is 2.05 bits per heavy atom. The number of aromatic nitrogens is 1. The molecule has 3 heterocycles. The number of nitrogens with zero attached hydrogens (tertiary/aromatic N) is 4. The molecule has 8 heteroatoms. The number of amides is 2. The van der Waals surface area contributed by atoms with E-state index in [4.69, 9.17) is 0 Å². The number of aryl methyl sites for hydroxylation is 1. The molecule has 112 valence electrons. The van der Waals surface area contributed by atoms with Gasteiger partial charge in [-0.1, -0.05) is 0 Å². The highest BCUT2D eigenvalue weighted by molar-refractivity contribution is 7.13. The molecule has 2 aliphatic heterocycles. The zero-order chi connectivity index (χ0) is 14.8. The topological polar surface area (TPSA) is 77.9 Å². The maximum absolute atomic E-state index is 12.3. The molecule has 21 heavy (non-hydrogen) atoms. The number of hydrazone groups is 1. The van der Waals surface area contributed by atoms with Crippen molar-refractivity contribution in [2.45, 2.75) is 19.8 Å². The summed E-state index contributed by atoms with van der Waals surface area (Å²) in [6, 6.07) is 0. The fourth-order valence-corrected chi connectivity index (χ4v) is 3.26. The van der Waals surface area contributed by atoms with Crippen molar-refractivity contribution < 1.29 is 9.59 Å². The quantitative estimate of drug-likeness (QED) is 0.856. The van der Waals surface area contributed by atoms with Crippen LogP contribution in [0.2, 0.25) is 0 Å². The number of hydrogen-bond acceptors (Lipinski definition) is 6. The van der Waals surface area contributed by atoms with Crippen LogP contribution in [0.5, 0.6) is 0 Å². The van der Waals surface area contributed by atoms with Gasteiger partial charge in [-0.2, -0.15) is 5.10 Å². The van der Waals surface area contributed by atoms with Gasteiger partial charge in [-0.05, 0) is 6.92 Å². The summed E-state index contributed by atoms with van der Waals surface area (Å²) >= 11 is 1.63. The van der Waals surface area contributed by atoms with Crippen molar-refractivity contribution in [3.05, 3.63) is 11.1 Å². The van der Waals surface area contributed by atoms with Gasteiger partial charge in [0.2, 0.25) is 5.91 Å². The van der Waals surface area contributed by atoms with E-state index in [0.717, 1.165) is 23.9 Å². The Kier molecular flexibility index (Phi) is 3.87. The first-order chi connectivity index (χ1) is 10.1. The lowest BCUT2D eigenvalue weighted by atomic mass is 10.1. The number of rotatable bonds is 2. The van der Waals surface area contributed by atoms with Crippen molar-refractivity contribution in [3.8, 4) is 0 Å². The molecule has 0 radical (unpaired) electrons. The summed E-state index contributed by atoms with van der Waals surface area (Å²) in [5.74, 6) is -0.194. The molecule has 0 bridgehead atoms. The predicted molar refractivity (Wildman–Crippen MR) is 80.5 cm³/mol. The van der Waals surface area contributed by atoms with Crippen molar-refractivity contribution in [3.63, 3.8) is 0 Å². The Bertz CT molecular complexity index is 589. The number of piperazine rings is 1. The van der Waals surface area contributed by atoms with Crippen molar-refractivity contribution in [2.24, 2.45) is 5.10 Å². The van der Waals surface area contributed by atoms with Gasteiger partial charge in [-0.25, -0.2) is 10.4 Å². The average Bonchev–Trinajstić information content (AvgIpc) is 2.94. The third-order valence-corrected chi connectivity index (χ3v) is 4.61. The number of thiazole rings is 1. The molecule has 2 amide bonds. The lowest BCUT2D eigenvalue weighted by Gasteiger charge is -2.34. The van der Waals surface area contributed by atoms with Crippen molar-refractivity contribution >= 4 is 34.0 Å². The van der Waals surface area contributed by atoms with Crippen molar-refractivity contribution in [1.82, 2.24) is 15.3 Å². The molecule has 1 aromatic rings. The minimum atomic E-state index is -0.129. The predicted octanol–water partition coefficient (Wildman–Crippen LogP) is 0.366. The second-order valence-corrected chi connectivity index (χ2v) is 5.98. The Hall–Kier alpha value is -1.96. The molecule has 1 fully saturated rings. The summed E-state index contributed by atoms with van der Waals surface area (Å²) < 4.78 is 0. The molecule has 7 nitrogen and oxygen atoms in total. The van der Waals surface area contributed by atoms with E-state index < -0.39 is 0 Å². The minimum absolute atomic E-state index is 0.0648. The summed E-state index contributed by atoms with van der Waals surface area (Å²) in [6.07, 6.45) is 0.763. The van der Waals surface area contributed by atoms with E-state index in [0.29, 0.717) is 31.6 Å². The average molecular weight is 307 g/mol. The fourth-order valence-electron chi connectivity index (χ4n) is 2.40. The lowest BCUT2D eigenvalue weighted by Crippen LogP contribution is -2.51. The van der Waals surface area contributed by atoms with Crippen LogP contribution in [0.3, 0.4) is 0 Å². The van der Waals surface area contributed by atoms with Crippen LogP contribution < -0.4 is 10.3 Å². The maximum atomic E-state index is 12.3. The maximum Gasteiger partial charge on any atom is 0.270 e. The van der Waals surface area contributed by atoms with Crippen LogP contribution >= 0.6 is 11.3 Å². The standard InChI is InChI=1S/C13H17N5O2S/c1-9-8-21-13(14-9)18-6-4-17(5-7-18)12(20)10-2-3-11(19)16-15-10/h8H,2-7H2,1H3,(H,16,19). The molecule has 0 atom stereocenters. The zero-order valence-corrected chi connectivity index (χ0v) is 12.7. The third kappa shape index (κ3) is 3.05. The van der Waals surface area contributed by atoms with E-state index in [9.17, 15) is 9.59 Å². The van der Waals surface area contributed by atoms with E-state index in [-0.39, 0.29) is 11.8 Å². The molecule has 1 saturated heterocycles. The van der Waals surface area contributed by atoms with Crippen LogP contribution in [0.1, 0.15) is 18.5 Å². The summed E-state index contributed by atoms with van der Waals surface area (Å²) in [6.45, 7) is 4.85. The van der Waals surface area contributed by atoms with E-state index in [1.165, 1.54) is 0 Å². The van der Waals surface area contributed by atoms with Crippen LogP contribution in [-0.2, 0) is 9.59 Å². The molecule has 0 aromatic carbocycles. The molecule has 3 rings (SSSR count). The van der Waals surface area contributed by atoms with Gasteiger partial charge in [0, 0.05) is 44.4 Å². The first kappa shape index (κ1) is 14.0. The first-order valence-corrected chi connectivity index (χ1v) is 7.83. The van der Waals surface area contributed by atoms with Gasteiger partial charge >= 0.3 is 0 Å². The Morgan fingerprint density at radius 3 is 2.62 bits per heavy atom. The van der Waals surface area contributed by atoms with Crippen LogP contribution in [0.15, 0.2) is 10.5 Å². The normalized spacial score (nSPS) is 19.3. The Labute approximate surface area is 126 Å². The number of nitrogens with one attached hydrogen (secondary N) is 1. The highest BCUT2D eigenvalue weighted by Crippen LogP contribution is 2.21. The van der Waals surface area contributed by atoms with Gasteiger partial charge < -0.3 is 9.80 Å². The minimum Gasteiger partial charge on any atom is -0.345 e. The number of anilines is 1. The molecule has 0 unspecified atom stereocenters. The third-order valence-electron chi connectivity index (χ3n) is 3.60. The van der Waals surface area contributed by atoms with Crippen LogP contribution in [-0.4, -0.2) is 53.6 Å². The lowest BCUT2D eigenvalue weighted by molar-refractivity contribution is -0.124. The smallest absolute Gasteiger partial charge is 0.270 e. The largest absolute Gasteiger partial charge is 0.345 e. The second kappa shape index (κ2) is 5.80. The Morgan fingerprint density at radius 1 is 1.29 bits per heavy atom. The molecular formula is C13H17N5O2S. The van der Waals surface area contributed by atoms with E-state index in [1.807, 2.05) is 12.3 Å². The van der Waals surface area contributed by atoms with Gasteiger partial charge in [-0.15, -0.1) is 11.3 Å². The molecular weight excluding hydrogens is 290 g/mol. The van der Waals surface area contributed by atoms with Crippen LogP contribution in [0.25, 0.3) is 0 Å². The monoisotopic (exact) mass is 307 g/mol. The SMILES string of the molecule is Cc1csc(N2CCN(C(=O)C3=NNC(=O)CC3)CC2)n1. The zero-order valence-electron chi connectivity index (χ0n) is 11.8. The fraction of sp³-hybridized carbons (Fsp3) is 0.538. The van der Waals surface area contributed by atoms with E-state index in [1.54, 1.807) is 16.2 Å².